The van der Waals surface area contributed by atoms with E-state index in [2.05, 4.69) is 10.2 Å². The molecule has 0 aliphatic carbocycles. The van der Waals surface area contributed by atoms with E-state index in [-0.39, 0.29) is 0 Å². The highest BCUT2D eigenvalue weighted by atomic mass is 19.3. The zero-order valence-corrected chi connectivity index (χ0v) is 10.5. The minimum Gasteiger partial charge on any atom is -0.485 e. The third kappa shape index (κ3) is 3.32. The van der Waals surface area contributed by atoms with Gasteiger partial charge in [0.2, 0.25) is 0 Å². The van der Waals surface area contributed by atoms with Gasteiger partial charge in [0.25, 0.3) is 6.43 Å². The maximum Gasteiger partial charge on any atom is 0.272 e. The number of piperazine rings is 1. The summed E-state index contributed by atoms with van der Waals surface area (Å²) in [6, 6.07) is 5.65. The van der Waals surface area contributed by atoms with Gasteiger partial charge in [0.05, 0.1) is 5.69 Å². The minimum absolute atomic E-state index is 0.544. The molecule has 0 radical (unpaired) electrons. The zero-order chi connectivity index (χ0) is 13.0. The molecule has 0 spiro atoms. The van der Waals surface area contributed by atoms with Crippen LogP contribution < -0.4 is 15.0 Å². The molecular weight excluding hydrogens is 238 g/mol. The third-order valence-corrected chi connectivity index (χ3v) is 2.94. The number of alkyl halides is 2. The van der Waals surface area contributed by atoms with E-state index >= 15 is 0 Å². The first-order valence-electron chi connectivity index (χ1n) is 6.14. The molecule has 1 fully saturated rings. The third-order valence-electron chi connectivity index (χ3n) is 2.94. The molecule has 18 heavy (non-hydrogen) atoms. The second-order valence-electron chi connectivity index (χ2n) is 4.41. The van der Waals surface area contributed by atoms with Gasteiger partial charge in [-0.15, -0.1) is 0 Å². The molecule has 5 heteroatoms. The smallest absolute Gasteiger partial charge is 0.272 e. The van der Waals surface area contributed by atoms with Gasteiger partial charge in [0.1, 0.15) is 12.4 Å². The molecule has 1 heterocycles. The molecule has 1 aromatic carbocycles. The van der Waals surface area contributed by atoms with Gasteiger partial charge in [-0.25, -0.2) is 8.78 Å². The summed E-state index contributed by atoms with van der Waals surface area (Å²) in [5.41, 5.74) is 2.02. The van der Waals surface area contributed by atoms with Crippen molar-refractivity contribution in [1.82, 2.24) is 5.32 Å². The standard InChI is InChI=1S/C13H18F2N2O/c1-10-2-3-12(18-9-13(14)15)11(8-10)17-6-4-16-5-7-17/h2-3,8,13,16H,4-7,9H2,1H3. The van der Waals surface area contributed by atoms with Crippen LogP contribution in [-0.4, -0.2) is 39.2 Å². The lowest BCUT2D eigenvalue weighted by Crippen LogP contribution is -2.43. The molecule has 0 bridgehead atoms. The van der Waals surface area contributed by atoms with Crippen LogP contribution in [0.5, 0.6) is 5.75 Å². The maximum absolute atomic E-state index is 12.2. The van der Waals surface area contributed by atoms with Crippen molar-refractivity contribution < 1.29 is 13.5 Å². The van der Waals surface area contributed by atoms with E-state index in [1.54, 1.807) is 6.07 Å². The normalized spacial score (nSPS) is 16.1. The summed E-state index contributed by atoms with van der Waals surface area (Å²) in [4.78, 5) is 2.17. The van der Waals surface area contributed by atoms with E-state index in [0.717, 1.165) is 37.4 Å². The molecule has 0 saturated carbocycles. The first kappa shape index (κ1) is 13.1. The number of halogens is 2. The fraction of sp³-hybridized carbons (Fsp3) is 0.538. The van der Waals surface area contributed by atoms with Crippen LogP contribution in [0.15, 0.2) is 18.2 Å². The van der Waals surface area contributed by atoms with Gasteiger partial charge in [0.15, 0.2) is 0 Å². The molecule has 1 N–H and O–H groups in total. The lowest BCUT2D eigenvalue weighted by Gasteiger charge is -2.31. The fourth-order valence-corrected chi connectivity index (χ4v) is 2.06. The fourth-order valence-electron chi connectivity index (χ4n) is 2.06. The summed E-state index contributed by atoms with van der Waals surface area (Å²) in [6.07, 6.45) is -2.44. The number of anilines is 1. The summed E-state index contributed by atoms with van der Waals surface area (Å²) >= 11 is 0. The summed E-state index contributed by atoms with van der Waals surface area (Å²) in [5, 5.41) is 3.27. The summed E-state index contributed by atoms with van der Waals surface area (Å²) in [6.45, 7) is 4.98. The Labute approximate surface area is 106 Å². The van der Waals surface area contributed by atoms with Crippen LogP contribution in [0.2, 0.25) is 0 Å². The van der Waals surface area contributed by atoms with E-state index in [4.69, 9.17) is 4.74 Å². The topological polar surface area (TPSA) is 24.5 Å². The Morgan fingerprint density at radius 1 is 1.33 bits per heavy atom. The Kier molecular flexibility index (Phi) is 4.36. The van der Waals surface area contributed by atoms with Crippen LogP contribution in [0.3, 0.4) is 0 Å². The number of hydrogen-bond donors (Lipinski definition) is 1. The van der Waals surface area contributed by atoms with Gasteiger partial charge < -0.3 is 15.0 Å². The van der Waals surface area contributed by atoms with Crippen LogP contribution in [0, 0.1) is 6.92 Å². The quantitative estimate of drug-likeness (QED) is 0.892. The van der Waals surface area contributed by atoms with Gasteiger partial charge in [-0.05, 0) is 24.6 Å². The Bertz CT molecular complexity index is 393. The largest absolute Gasteiger partial charge is 0.485 e. The van der Waals surface area contributed by atoms with Crippen LogP contribution in [0.4, 0.5) is 14.5 Å². The number of nitrogens with zero attached hydrogens (tertiary/aromatic N) is 1. The lowest BCUT2D eigenvalue weighted by atomic mass is 10.1. The molecule has 100 valence electrons. The first-order chi connectivity index (χ1) is 8.66. The monoisotopic (exact) mass is 256 g/mol. The van der Waals surface area contributed by atoms with Gasteiger partial charge in [0, 0.05) is 26.2 Å². The molecule has 0 atom stereocenters. The van der Waals surface area contributed by atoms with E-state index < -0.39 is 13.0 Å². The molecule has 1 aliphatic rings. The van der Waals surface area contributed by atoms with Crippen molar-refractivity contribution >= 4 is 5.69 Å². The van der Waals surface area contributed by atoms with Crippen molar-refractivity contribution in [2.75, 3.05) is 37.7 Å². The summed E-state index contributed by atoms with van der Waals surface area (Å²) in [7, 11) is 0. The number of ether oxygens (including phenoxy) is 1. The Morgan fingerprint density at radius 2 is 2.06 bits per heavy atom. The van der Waals surface area contributed by atoms with Crippen molar-refractivity contribution in [1.29, 1.82) is 0 Å². The predicted octanol–water partition coefficient (Wildman–Crippen LogP) is 2.05. The molecule has 0 amide bonds. The maximum atomic E-state index is 12.2. The van der Waals surface area contributed by atoms with E-state index in [0.29, 0.717) is 5.75 Å². The lowest BCUT2D eigenvalue weighted by molar-refractivity contribution is 0.0821. The zero-order valence-electron chi connectivity index (χ0n) is 10.5. The highest BCUT2D eigenvalue weighted by Crippen LogP contribution is 2.30. The molecular formula is C13H18F2N2O. The SMILES string of the molecule is Cc1ccc(OCC(F)F)c(N2CCNCC2)c1. The molecule has 3 nitrogen and oxygen atoms in total. The molecule has 0 unspecified atom stereocenters. The second kappa shape index (κ2) is 6.00. The van der Waals surface area contributed by atoms with Crippen LogP contribution >= 0.6 is 0 Å². The average Bonchev–Trinajstić information content (AvgIpc) is 2.38. The highest BCUT2D eigenvalue weighted by molar-refractivity contribution is 5.60. The highest BCUT2D eigenvalue weighted by Gasteiger charge is 2.16. The second-order valence-corrected chi connectivity index (χ2v) is 4.41. The minimum atomic E-state index is -2.44. The van der Waals surface area contributed by atoms with E-state index in [1.165, 1.54) is 0 Å². The Balaban J connectivity index is 2.16. The first-order valence-corrected chi connectivity index (χ1v) is 6.14. The van der Waals surface area contributed by atoms with Crippen LogP contribution in [0.25, 0.3) is 0 Å². The number of rotatable bonds is 4. The number of hydrogen-bond acceptors (Lipinski definition) is 3. The number of benzene rings is 1. The van der Waals surface area contributed by atoms with Gasteiger partial charge in [-0.2, -0.15) is 0 Å². The summed E-state index contributed by atoms with van der Waals surface area (Å²) < 4.78 is 29.6. The van der Waals surface area contributed by atoms with Crippen molar-refractivity contribution in [3.8, 4) is 5.75 Å². The molecule has 1 aromatic rings. The van der Waals surface area contributed by atoms with Crippen LogP contribution in [0.1, 0.15) is 5.56 Å². The van der Waals surface area contributed by atoms with Crippen LogP contribution in [-0.2, 0) is 0 Å². The molecule has 0 aromatic heterocycles. The van der Waals surface area contributed by atoms with Gasteiger partial charge in [-0.1, -0.05) is 6.07 Å². The molecule has 1 aliphatic heterocycles. The molecule has 1 saturated heterocycles. The predicted molar refractivity (Wildman–Crippen MR) is 67.8 cm³/mol. The average molecular weight is 256 g/mol. The Morgan fingerprint density at radius 3 is 2.72 bits per heavy atom. The molecule has 2 rings (SSSR count). The van der Waals surface area contributed by atoms with Gasteiger partial charge in [-0.3, -0.25) is 0 Å². The summed E-state index contributed by atoms with van der Waals surface area (Å²) in [5.74, 6) is 0.544. The van der Waals surface area contributed by atoms with Crippen molar-refractivity contribution in [2.45, 2.75) is 13.3 Å². The van der Waals surface area contributed by atoms with Crippen molar-refractivity contribution in [3.63, 3.8) is 0 Å². The number of nitrogens with one attached hydrogen (secondary N) is 1. The van der Waals surface area contributed by atoms with Crippen molar-refractivity contribution in [3.05, 3.63) is 23.8 Å². The van der Waals surface area contributed by atoms with E-state index in [1.807, 2.05) is 19.1 Å². The Hall–Kier alpha value is -1.36. The van der Waals surface area contributed by atoms with E-state index in [9.17, 15) is 8.78 Å². The number of aryl methyl sites for hydroxylation is 1. The van der Waals surface area contributed by atoms with Crippen molar-refractivity contribution in [2.24, 2.45) is 0 Å². The van der Waals surface area contributed by atoms with Gasteiger partial charge >= 0.3 is 0 Å².